The first-order chi connectivity index (χ1) is 8.56. The molecule has 4 heteroatoms. The maximum atomic E-state index is 11.6. The first-order valence-corrected chi connectivity index (χ1v) is 6.21. The Morgan fingerprint density at radius 1 is 1.44 bits per heavy atom. The lowest BCUT2D eigenvalue weighted by Gasteiger charge is -2.18. The highest BCUT2D eigenvalue weighted by Gasteiger charge is 2.20. The second kappa shape index (κ2) is 5.21. The van der Waals surface area contributed by atoms with Crippen molar-refractivity contribution in [3.63, 3.8) is 0 Å². The van der Waals surface area contributed by atoms with Gasteiger partial charge in [-0.1, -0.05) is 6.07 Å². The van der Waals surface area contributed by atoms with E-state index in [-0.39, 0.29) is 11.8 Å². The molecule has 2 amide bonds. The lowest BCUT2D eigenvalue weighted by molar-refractivity contribution is -0.128. The molecule has 1 aromatic rings. The zero-order valence-corrected chi connectivity index (χ0v) is 10.8. The molecular formula is C14H18N2O2. The summed E-state index contributed by atoms with van der Waals surface area (Å²) < 4.78 is 0. The largest absolute Gasteiger partial charge is 0.338 e. The van der Waals surface area contributed by atoms with Crippen molar-refractivity contribution in [1.29, 1.82) is 0 Å². The smallest absolute Gasteiger partial charge is 0.222 e. The van der Waals surface area contributed by atoms with Gasteiger partial charge in [0.2, 0.25) is 11.8 Å². The number of aryl methyl sites for hydroxylation is 1. The number of amides is 2. The quantitative estimate of drug-likeness (QED) is 0.887. The molecule has 0 unspecified atom stereocenters. The van der Waals surface area contributed by atoms with Crippen LogP contribution in [0.5, 0.6) is 0 Å². The zero-order valence-electron chi connectivity index (χ0n) is 10.8. The summed E-state index contributed by atoms with van der Waals surface area (Å²) >= 11 is 0. The van der Waals surface area contributed by atoms with Crippen LogP contribution in [0.3, 0.4) is 0 Å². The van der Waals surface area contributed by atoms with Gasteiger partial charge in [0, 0.05) is 32.1 Å². The van der Waals surface area contributed by atoms with Gasteiger partial charge < -0.3 is 10.2 Å². The number of hydrogen-bond acceptors (Lipinski definition) is 2. The van der Waals surface area contributed by atoms with Crippen LogP contribution < -0.4 is 5.32 Å². The number of carbonyl (C=O) groups is 2. The van der Waals surface area contributed by atoms with Crippen LogP contribution in [0, 0.1) is 6.92 Å². The van der Waals surface area contributed by atoms with Crippen molar-refractivity contribution in [3.05, 3.63) is 29.3 Å². The average molecular weight is 246 g/mol. The van der Waals surface area contributed by atoms with Crippen LogP contribution in [0.25, 0.3) is 0 Å². The topological polar surface area (TPSA) is 49.4 Å². The van der Waals surface area contributed by atoms with Crippen LogP contribution in [0.15, 0.2) is 18.2 Å². The fraction of sp³-hybridized carbons (Fsp3) is 0.429. The van der Waals surface area contributed by atoms with E-state index in [9.17, 15) is 9.59 Å². The average Bonchev–Trinajstić information content (AvgIpc) is 2.69. The van der Waals surface area contributed by atoms with Gasteiger partial charge in [0.15, 0.2) is 0 Å². The minimum atomic E-state index is -0.0814. The standard InChI is InChI=1S/C14H18N2O2/c1-10-5-6-13(15-11(2)17)8-12(10)9-16-7-3-4-14(16)18/h5-6,8H,3-4,7,9H2,1-2H3,(H,15,17). The predicted molar refractivity (Wildman–Crippen MR) is 70.1 cm³/mol. The molecule has 1 fully saturated rings. The maximum absolute atomic E-state index is 11.6. The maximum Gasteiger partial charge on any atom is 0.222 e. The first-order valence-electron chi connectivity index (χ1n) is 6.21. The number of carbonyl (C=O) groups excluding carboxylic acids is 2. The van der Waals surface area contributed by atoms with Gasteiger partial charge >= 0.3 is 0 Å². The molecule has 0 aromatic heterocycles. The number of nitrogens with zero attached hydrogens (tertiary/aromatic N) is 1. The summed E-state index contributed by atoms with van der Waals surface area (Å²) in [6.07, 6.45) is 1.60. The van der Waals surface area contributed by atoms with Crippen molar-refractivity contribution in [2.75, 3.05) is 11.9 Å². The van der Waals surface area contributed by atoms with Crippen molar-refractivity contribution in [1.82, 2.24) is 4.90 Å². The molecule has 0 radical (unpaired) electrons. The number of hydrogen-bond donors (Lipinski definition) is 1. The van der Waals surface area contributed by atoms with Gasteiger partial charge in [-0.3, -0.25) is 9.59 Å². The molecule has 96 valence electrons. The van der Waals surface area contributed by atoms with E-state index in [1.165, 1.54) is 6.92 Å². The molecule has 1 aliphatic rings. The highest BCUT2D eigenvalue weighted by molar-refractivity contribution is 5.88. The SMILES string of the molecule is CC(=O)Nc1ccc(C)c(CN2CCCC2=O)c1. The van der Waals surface area contributed by atoms with E-state index in [4.69, 9.17) is 0 Å². The molecule has 4 nitrogen and oxygen atoms in total. The Balaban J connectivity index is 2.15. The lowest BCUT2D eigenvalue weighted by Crippen LogP contribution is -2.24. The van der Waals surface area contributed by atoms with Crippen molar-refractivity contribution in [2.45, 2.75) is 33.2 Å². The van der Waals surface area contributed by atoms with Gasteiger partial charge in [-0.2, -0.15) is 0 Å². The summed E-state index contributed by atoms with van der Waals surface area (Å²) in [6, 6.07) is 5.80. The van der Waals surface area contributed by atoms with Crippen LogP contribution in [0.1, 0.15) is 30.9 Å². The van der Waals surface area contributed by atoms with E-state index in [1.807, 2.05) is 30.0 Å². The number of rotatable bonds is 3. The van der Waals surface area contributed by atoms with E-state index in [1.54, 1.807) is 0 Å². The summed E-state index contributed by atoms with van der Waals surface area (Å²) in [7, 11) is 0. The highest BCUT2D eigenvalue weighted by Crippen LogP contribution is 2.20. The second-order valence-electron chi connectivity index (χ2n) is 4.74. The Kier molecular flexibility index (Phi) is 3.65. The molecule has 1 N–H and O–H groups in total. The summed E-state index contributed by atoms with van der Waals surface area (Å²) in [5.74, 6) is 0.140. The van der Waals surface area contributed by atoms with Crippen molar-refractivity contribution in [2.24, 2.45) is 0 Å². The molecule has 0 bridgehead atoms. The van der Waals surface area contributed by atoms with E-state index >= 15 is 0 Å². The minimum absolute atomic E-state index is 0.0814. The molecule has 1 aromatic carbocycles. The van der Waals surface area contributed by atoms with Gasteiger partial charge in [0.1, 0.15) is 0 Å². The number of anilines is 1. The van der Waals surface area contributed by atoms with E-state index in [0.717, 1.165) is 29.8 Å². The van der Waals surface area contributed by atoms with Crippen LogP contribution in [-0.2, 0) is 16.1 Å². The molecule has 1 heterocycles. The molecule has 18 heavy (non-hydrogen) atoms. The van der Waals surface area contributed by atoms with Gasteiger partial charge in [-0.25, -0.2) is 0 Å². The number of benzene rings is 1. The molecule has 1 aliphatic heterocycles. The Bertz CT molecular complexity index is 483. The molecule has 0 aliphatic carbocycles. The van der Waals surface area contributed by atoms with Crippen molar-refractivity contribution in [3.8, 4) is 0 Å². The fourth-order valence-corrected chi connectivity index (χ4v) is 2.20. The van der Waals surface area contributed by atoms with Crippen molar-refractivity contribution >= 4 is 17.5 Å². The van der Waals surface area contributed by atoms with Crippen LogP contribution in [0.4, 0.5) is 5.69 Å². The number of likely N-dealkylation sites (tertiary alicyclic amines) is 1. The Morgan fingerprint density at radius 2 is 2.22 bits per heavy atom. The molecule has 2 rings (SSSR count). The summed E-state index contributed by atoms with van der Waals surface area (Å²) in [5.41, 5.74) is 3.02. The Hall–Kier alpha value is -1.84. The molecule has 0 atom stereocenters. The van der Waals surface area contributed by atoms with E-state index in [0.29, 0.717) is 13.0 Å². The lowest BCUT2D eigenvalue weighted by atomic mass is 10.1. The van der Waals surface area contributed by atoms with Crippen LogP contribution in [-0.4, -0.2) is 23.3 Å². The third kappa shape index (κ3) is 2.88. The fourth-order valence-electron chi connectivity index (χ4n) is 2.20. The van der Waals surface area contributed by atoms with Gasteiger partial charge in [0.05, 0.1) is 0 Å². The number of nitrogens with one attached hydrogen (secondary N) is 1. The summed E-state index contributed by atoms with van der Waals surface area (Å²) in [4.78, 5) is 24.5. The van der Waals surface area contributed by atoms with Gasteiger partial charge in [-0.15, -0.1) is 0 Å². The Morgan fingerprint density at radius 3 is 2.83 bits per heavy atom. The Labute approximate surface area is 107 Å². The zero-order chi connectivity index (χ0) is 13.1. The van der Waals surface area contributed by atoms with E-state index < -0.39 is 0 Å². The minimum Gasteiger partial charge on any atom is -0.338 e. The molecule has 0 spiro atoms. The normalized spacial score (nSPS) is 15.0. The van der Waals surface area contributed by atoms with Gasteiger partial charge in [0.25, 0.3) is 0 Å². The third-order valence-corrected chi connectivity index (χ3v) is 3.20. The molecular weight excluding hydrogens is 228 g/mol. The first kappa shape index (κ1) is 12.6. The summed E-state index contributed by atoms with van der Waals surface area (Å²) in [5, 5.41) is 2.77. The molecule has 0 saturated carbocycles. The summed E-state index contributed by atoms with van der Waals surface area (Å²) in [6.45, 7) is 4.98. The van der Waals surface area contributed by atoms with Gasteiger partial charge in [-0.05, 0) is 36.6 Å². The third-order valence-electron chi connectivity index (χ3n) is 3.20. The predicted octanol–water partition coefficient (Wildman–Crippen LogP) is 2.08. The monoisotopic (exact) mass is 246 g/mol. The van der Waals surface area contributed by atoms with Crippen molar-refractivity contribution < 1.29 is 9.59 Å². The van der Waals surface area contributed by atoms with Crippen LogP contribution >= 0.6 is 0 Å². The molecule has 1 saturated heterocycles. The second-order valence-corrected chi connectivity index (χ2v) is 4.74. The van der Waals surface area contributed by atoms with Crippen LogP contribution in [0.2, 0.25) is 0 Å². The van der Waals surface area contributed by atoms with E-state index in [2.05, 4.69) is 5.32 Å². The highest BCUT2D eigenvalue weighted by atomic mass is 16.2.